The van der Waals surface area contributed by atoms with Gasteiger partial charge in [0, 0.05) is 22.0 Å². The first-order chi connectivity index (χ1) is 10.2. The quantitative estimate of drug-likeness (QED) is 0.752. The van der Waals surface area contributed by atoms with Gasteiger partial charge in [-0.2, -0.15) is 0 Å². The van der Waals surface area contributed by atoms with Crippen LogP contribution < -0.4 is 10.5 Å². The van der Waals surface area contributed by atoms with E-state index in [2.05, 4.69) is 0 Å². The average Bonchev–Trinajstić information content (AvgIpc) is 2.86. The molecule has 3 rings (SSSR count). The molecule has 0 fully saturated rings. The second-order valence-corrected chi connectivity index (χ2v) is 5.41. The van der Waals surface area contributed by atoms with Crippen molar-refractivity contribution in [1.29, 1.82) is 0 Å². The molecule has 0 saturated heterocycles. The minimum absolute atomic E-state index is 0.316. The maximum Gasteiger partial charge on any atom is 0.139 e. The van der Waals surface area contributed by atoms with Crippen LogP contribution in [-0.4, -0.2) is 0 Å². The second-order valence-electron chi connectivity index (χ2n) is 4.57. The van der Waals surface area contributed by atoms with Crippen LogP contribution in [0.3, 0.4) is 0 Å². The minimum Gasteiger partial charge on any atom is -0.487 e. The van der Waals surface area contributed by atoms with Crippen LogP contribution in [0.4, 0.5) is 0 Å². The predicted molar refractivity (Wildman–Crippen MR) is 84.9 cm³/mol. The number of furan rings is 1. The van der Waals surface area contributed by atoms with Gasteiger partial charge in [0.1, 0.15) is 23.7 Å². The average molecular weight is 322 g/mol. The van der Waals surface area contributed by atoms with E-state index in [1.807, 2.05) is 24.3 Å². The highest BCUT2D eigenvalue weighted by Crippen LogP contribution is 2.31. The van der Waals surface area contributed by atoms with E-state index in [0.29, 0.717) is 34.7 Å². The van der Waals surface area contributed by atoms with Crippen molar-refractivity contribution in [3.8, 4) is 5.75 Å². The summed E-state index contributed by atoms with van der Waals surface area (Å²) in [5.41, 5.74) is 7.48. The van der Waals surface area contributed by atoms with Crippen molar-refractivity contribution < 1.29 is 9.15 Å². The summed E-state index contributed by atoms with van der Waals surface area (Å²) >= 11 is 12.1. The van der Waals surface area contributed by atoms with Gasteiger partial charge in [-0.1, -0.05) is 41.4 Å². The van der Waals surface area contributed by atoms with E-state index in [4.69, 9.17) is 38.1 Å². The number of halogens is 2. The molecule has 108 valence electrons. The molecule has 0 spiro atoms. The summed E-state index contributed by atoms with van der Waals surface area (Å²) in [4.78, 5) is 0. The standard InChI is InChI=1S/C16H13Cl2NO2/c17-10-5-6-13(18)15(7-10)20-9-12-11-3-1-2-4-14(11)21-16(12)8-19/h1-7H,8-9,19H2. The summed E-state index contributed by atoms with van der Waals surface area (Å²) in [7, 11) is 0. The van der Waals surface area contributed by atoms with Gasteiger partial charge in [0.05, 0.1) is 11.6 Å². The van der Waals surface area contributed by atoms with Crippen LogP contribution in [0.5, 0.6) is 5.75 Å². The molecule has 0 aliphatic rings. The maximum absolute atomic E-state index is 6.10. The van der Waals surface area contributed by atoms with Crippen LogP contribution >= 0.6 is 23.2 Å². The summed E-state index contributed by atoms with van der Waals surface area (Å²) in [6.07, 6.45) is 0. The lowest BCUT2D eigenvalue weighted by Crippen LogP contribution is -2.02. The Morgan fingerprint density at radius 3 is 2.71 bits per heavy atom. The Hall–Kier alpha value is -1.68. The SMILES string of the molecule is NCc1oc2ccccc2c1COc1cc(Cl)ccc1Cl. The number of para-hydroxylation sites is 1. The molecule has 5 heteroatoms. The van der Waals surface area contributed by atoms with E-state index in [1.54, 1.807) is 18.2 Å². The molecular weight excluding hydrogens is 309 g/mol. The van der Waals surface area contributed by atoms with E-state index in [1.165, 1.54) is 0 Å². The lowest BCUT2D eigenvalue weighted by atomic mass is 10.1. The number of ether oxygens (including phenoxy) is 1. The largest absolute Gasteiger partial charge is 0.487 e. The topological polar surface area (TPSA) is 48.4 Å². The van der Waals surface area contributed by atoms with E-state index in [-0.39, 0.29) is 0 Å². The summed E-state index contributed by atoms with van der Waals surface area (Å²) in [5.74, 6) is 1.26. The van der Waals surface area contributed by atoms with E-state index < -0.39 is 0 Å². The lowest BCUT2D eigenvalue weighted by molar-refractivity contribution is 0.303. The van der Waals surface area contributed by atoms with Crippen LogP contribution in [0.15, 0.2) is 46.9 Å². The molecular formula is C16H13Cl2NO2. The molecule has 0 aliphatic heterocycles. The van der Waals surface area contributed by atoms with Crippen molar-refractivity contribution in [3.63, 3.8) is 0 Å². The Balaban J connectivity index is 1.93. The number of fused-ring (bicyclic) bond motifs is 1. The van der Waals surface area contributed by atoms with E-state index in [9.17, 15) is 0 Å². The lowest BCUT2D eigenvalue weighted by Gasteiger charge is -2.08. The molecule has 2 aromatic carbocycles. The third-order valence-electron chi connectivity index (χ3n) is 3.23. The van der Waals surface area contributed by atoms with Crippen molar-refractivity contribution in [3.05, 3.63) is 63.8 Å². The molecule has 0 aliphatic carbocycles. The highest BCUT2D eigenvalue weighted by atomic mass is 35.5. The minimum atomic E-state index is 0.316. The van der Waals surface area contributed by atoms with Gasteiger partial charge in [0.25, 0.3) is 0 Å². The number of benzene rings is 2. The Morgan fingerprint density at radius 2 is 1.90 bits per heavy atom. The first-order valence-electron chi connectivity index (χ1n) is 6.46. The molecule has 0 saturated carbocycles. The van der Waals surface area contributed by atoms with Crippen LogP contribution in [-0.2, 0) is 13.2 Å². The normalized spacial score (nSPS) is 11.0. The van der Waals surface area contributed by atoms with E-state index >= 15 is 0 Å². The number of nitrogens with two attached hydrogens (primary N) is 1. The van der Waals surface area contributed by atoms with Crippen molar-refractivity contribution in [2.45, 2.75) is 13.2 Å². The summed E-state index contributed by atoms with van der Waals surface area (Å²) in [5, 5.41) is 2.09. The monoisotopic (exact) mass is 321 g/mol. The van der Waals surface area contributed by atoms with Crippen molar-refractivity contribution in [2.24, 2.45) is 5.73 Å². The highest BCUT2D eigenvalue weighted by Gasteiger charge is 2.14. The van der Waals surface area contributed by atoms with Crippen LogP contribution in [0.1, 0.15) is 11.3 Å². The van der Waals surface area contributed by atoms with E-state index in [0.717, 1.165) is 16.5 Å². The van der Waals surface area contributed by atoms with Gasteiger partial charge in [-0.3, -0.25) is 0 Å². The number of hydrogen-bond acceptors (Lipinski definition) is 3. The highest BCUT2D eigenvalue weighted by molar-refractivity contribution is 6.34. The maximum atomic E-state index is 6.10. The third-order valence-corrected chi connectivity index (χ3v) is 3.78. The van der Waals surface area contributed by atoms with Crippen LogP contribution in [0, 0.1) is 0 Å². The molecule has 0 unspecified atom stereocenters. The van der Waals surface area contributed by atoms with Crippen molar-refractivity contribution in [2.75, 3.05) is 0 Å². The van der Waals surface area contributed by atoms with Gasteiger partial charge in [0.15, 0.2) is 0 Å². The van der Waals surface area contributed by atoms with Crippen LogP contribution in [0.2, 0.25) is 10.0 Å². The Labute approximate surface area is 132 Å². The van der Waals surface area contributed by atoms with Gasteiger partial charge >= 0.3 is 0 Å². The second kappa shape index (κ2) is 5.98. The van der Waals surface area contributed by atoms with Gasteiger partial charge < -0.3 is 14.9 Å². The molecule has 1 aromatic heterocycles. The molecule has 3 aromatic rings. The Morgan fingerprint density at radius 1 is 1.10 bits per heavy atom. The zero-order chi connectivity index (χ0) is 14.8. The zero-order valence-electron chi connectivity index (χ0n) is 11.1. The molecule has 0 amide bonds. The van der Waals surface area contributed by atoms with Gasteiger partial charge in [-0.05, 0) is 18.2 Å². The molecule has 0 radical (unpaired) electrons. The van der Waals surface area contributed by atoms with Gasteiger partial charge in [-0.25, -0.2) is 0 Å². The molecule has 0 atom stereocenters. The van der Waals surface area contributed by atoms with Crippen LogP contribution in [0.25, 0.3) is 11.0 Å². The smallest absolute Gasteiger partial charge is 0.139 e. The predicted octanol–water partition coefficient (Wildman–Crippen LogP) is 4.78. The third kappa shape index (κ3) is 2.86. The first kappa shape index (κ1) is 14.3. The van der Waals surface area contributed by atoms with Crippen molar-refractivity contribution >= 4 is 34.2 Å². The number of rotatable bonds is 4. The first-order valence-corrected chi connectivity index (χ1v) is 7.22. The summed E-state index contributed by atoms with van der Waals surface area (Å²) in [6.45, 7) is 0.639. The van der Waals surface area contributed by atoms with Gasteiger partial charge in [0.2, 0.25) is 0 Å². The zero-order valence-corrected chi connectivity index (χ0v) is 12.6. The number of hydrogen-bond donors (Lipinski definition) is 1. The Bertz CT molecular complexity index is 783. The molecule has 3 nitrogen and oxygen atoms in total. The summed E-state index contributed by atoms with van der Waals surface area (Å²) in [6, 6.07) is 12.9. The summed E-state index contributed by atoms with van der Waals surface area (Å²) < 4.78 is 11.5. The molecule has 0 bridgehead atoms. The fraction of sp³-hybridized carbons (Fsp3) is 0.125. The Kier molecular flexibility index (Phi) is 4.06. The van der Waals surface area contributed by atoms with Gasteiger partial charge in [-0.15, -0.1) is 0 Å². The molecule has 21 heavy (non-hydrogen) atoms. The molecule has 2 N–H and O–H groups in total. The van der Waals surface area contributed by atoms with Crippen molar-refractivity contribution in [1.82, 2.24) is 0 Å². The fourth-order valence-corrected chi connectivity index (χ4v) is 2.54. The fourth-order valence-electron chi connectivity index (χ4n) is 2.21. The molecule has 1 heterocycles.